The lowest BCUT2D eigenvalue weighted by Gasteiger charge is -2.22. The van der Waals surface area contributed by atoms with E-state index in [9.17, 15) is 33.7 Å². The SMILES string of the molecule is Cc1ccc2cc(/C=C/c3ccc(N(CCO)CCn4cc(COC(=O)CCCOCCOC(=O)CCCOP(=O)(O)OCC(COC=O)OC=O)nn4)nc3F)sc2c1. The van der Waals surface area contributed by atoms with Crippen LogP contribution in [0.3, 0.4) is 0 Å². The van der Waals surface area contributed by atoms with E-state index in [0.717, 1.165) is 15.0 Å². The number of ether oxygens (including phenoxy) is 5. The number of aliphatic hydroxyl groups excluding tert-OH is 1. The maximum Gasteiger partial charge on any atom is 0.472 e. The molecule has 3 aromatic heterocycles. The smallest absolute Gasteiger partial charge is 0.464 e. The highest BCUT2D eigenvalue weighted by Crippen LogP contribution is 2.43. The maximum atomic E-state index is 15.1. The third-order valence-electron chi connectivity index (χ3n) is 8.21. The Morgan fingerprint density at radius 2 is 1.77 bits per heavy atom. The molecule has 0 radical (unpaired) electrons. The van der Waals surface area contributed by atoms with Gasteiger partial charge in [0.25, 0.3) is 12.9 Å². The Morgan fingerprint density at radius 3 is 2.53 bits per heavy atom. The summed E-state index contributed by atoms with van der Waals surface area (Å²) in [6.07, 6.45) is 4.42. The average molecular weight is 880 g/mol. The number of esters is 2. The number of hydrogen-bond donors (Lipinski definition) is 2. The fourth-order valence-corrected chi connectivity index (χ4v) is 7.10. The molecule has 0 aliphatic rings. The van der Waals surface area contributed by atoms with Crippen LogP contribution in [0, 0.1) is 12.9 Å². The van der Waals surface area contributed by atoms with Crippen LogP contribution in [0.2, 0.25) is 0 Å². The highest BCUT2D eigenvalue weighted by molar-refractivity contribution is 7.47. The molecule has 4 aromatic rings. The largest absolute Gasteiger partial charge is 0.472 e. The number of nitrogens with zero attached hydrogens (tertiary/aromatic N) is 5. The summed E-state index contributed by atoms with van der Waals surface area (Å²) < 4.78 is 63.8. The number of anilines is 1. The monoisotopic (exact) mass is 879 g/mol. The fraction of sp³-hybridized carbons (Fsp3) is 0.447. The molecule has 326 valence electrons. The molecular formula is C38H47FN5O14PS. The summed E-state index contributed by atoms with van der Waals surface area (Å²) in [5, 5.41) is 18.9. The minimum Gasteiger partial charge on any atom is -0.464 e. The molecular weight excluding hydrogens is 832 g/mol. The Morgan fingerprint density at radius 1 is 0.967 bits per heavy atom. The number of aliphatic hydroxyl groups is 1. The van der Waals surface area contributed by atoms with Crippen molar-refractivity contribution in [3.63, 3.8) is 0 Å². The Balaban J connectivity index is 1.05. The summed E-state index contributed by atoms with van der Waals surface area (Å²) in [6, 6.07) is 11.7. The number of fused-ring (bicyclic) bond motifs is 1. The van der Waals surface area contributed by atoms with Crippen LogP contribution in [0.15, 0.2) is 42.6 Å². The van der Waals surface area contributed by atoms with Gasteiger partial charge in [0, 0.05) is 47.7 Å². The zero-order valence-corrected chi connectivity index (χ0v) is 34.5. The van der Waals surface area contributed by atoms with E-state index in [1.807, 2.05) is 13.0 Å². The summed E-state index contributed by atoms with van der Waals surface area (Å²) in [4.78, 5) is 61.4. The van der Waals surface area contributed by atoms with E-state index >= 15 is 4.39 Å². The van der Waals surface area contributed by atoms with E-state index in [1.54, 1.807) is 45.3 Å². The number of pyridine rings is 1. The second-order valence-corrected chi connectivity index (χ2v) is 15.4. The lowest BCUT2D eigenvalue weighted by molar-refractivity contribution is -0.145. The van der Waals surface area contributed by atoms with Gasteiger partial charge < -0.3 is 38.6 Å². The number of halogens is 1. The minimum atomic E-state index is -4.53. The molecule has 1 aromatic carbocycles. The summed E-state index contributed by atoms with van der Waals surface area (Å²) in [7, 11) is -4.53. The molecule has 0 fully saturated rings. The molecule has 19 nitrogen and oxygen atoms in total. The van der Waals surface area contributed by atoms with Crippen molar-refractivity contribution < 1.29 is 70.9 Å². The number of carbonyl (C=O) groups excluding carboxylic acids is 4. The number of hydrogen-bond acceptors (Lipinski definition) is 18. The van der Waals surface area contributed by atoms with Crippen molar-refractivity contribution in [1.29, 1.82) is 0 Å². The highest BCUT2D eigenvalue weighted by Gasteiger charge is 2.24. The van der Waals surface area contributed by atoms with Gasteiger partial charge >= 0.3 is 19.8 Å². The Labute approximate surface area is 348 Å². The van der Waals surface area contributed by atoms with E-state index in [0.29, 0.717) is 36.6 Å². The molecule has 4 rings (SSSR count). The quantitative estimate of drug-likeness (QED) is 0.0188. The van der Waals surface area contributed by atoms with Gasteiger partial charge in [0.05, 0.1) is 39.2 Å². The van der Waals surface area contributed by atoms with Crippen molar-refractivity contribution in [2.75, 3.05) is 64.2 Å². The zero-order valence-electron chi connectivity index (χ0n) is 32.8. The number of aromatic nitrogens is 4. The van der Waals surface area contributed by atoms with Crippen molar-refractivity contribution in [1.82, 2.24) is 20.0 Å². The molecule has 0 saturated heterocycles. The van der Waals surface area contributed by atoms with Crippen LogP contribution in [0.4, 0.5) is 10.2 Å². The van der Waals surface area contributed by atoms with E-state index in [4.69, 9.17) is 18.7 Å². The molecule has 0 amide bonds. The molecule has 0 spiro atoms. The van der Waals surface area contributed by atoms with E-state index in [1.165, 1.54) is 5.56 Å². The predicted octanol–water partition coefficient (Wildman–Crippen LogP) is 4.02. The average Bonchev–Trinajstić information content (AvgIpc) is 3.86. The van der Waals surface area contributed by atoms with Gasteiger partial charge in [-0.15, -0.1) is 16.4 Å². The van der Waals surface area contributed by atoms with Gasteiger partial charge in [-0.3, -0.25) is 32.9 Å². The van der Waals surface area contributed by atoms with Crippen LogP contribution in [0.25, 0.3) is 22.2 Å². The molecule has 0 bridgehead atoms. The van der Waals surface area contributed by atoms with E-state index in [-0.39, 0.29) is 85.0 Å². The zero-order chi connectivity index (χ0) is 43.2. The number of carbonyl (C=O) groups is 4. The summed E-state index contributed by atoms with van der Waals surface area (Å²) in [5.41, 5.74) is 1.94. The van der Waals surface area contributed by atoms with Crippen molar-refractivity contribution >= 4 is 72.1 Å². The molecule has 22 heteroatoms. The standard InChI is InChI=1S/C38H47FN5O14PS/c1-28-6-7-30-21-33(60-34(30)20-28)10-8-29-9-11-35(40-38(29)39)43(14-15-45)12-13-44-22-31(41-42-44)23-55-37(49)4-2-16-52-18-19-54-36(48)5-3-17-57-59(50,51)58-25-32(56-27-47)24-53-26-46/h6-11,20-22,26-27,32,45H,2-5,12-19,23-25H2,1H3,(H,50,51)/b10-8+. The minimum absolute atomic E-state index is 0.0424. The van der Waals surface area contributed by atoms with Crippen molar-refractivity contribution in [2.45, 2.75) is 51.9 Å². The molecule has 2 unspecified atom stereocenters. The molecule has 2 N–H and O–H groups in total. The fourth-order valence-electron chi connectivity index (χ4n) is 5.24. The van der Waals surface area contributed by atoms with E-state index < -0.39 is 38.4 Å². The molecule has 3 heterocycles. The van der Waals surface area contributed by atoms with Crippen LogP contribution in [-0.4, -0.2) is 120 Å². The lowest BCUT2D eigenvalue weighted by atomic mass is 10.2. The van der Waals surface area contributed by atoms with Crippen molar-refractivity contribution in [3.05, 3.63) is 70.2 Å². The number of aryl methyl sites for hydroxylation is 1. The highest BCUT2D eigenvalue weighted by atomic mass is 32.1. The second kappa shape index (κ2) is 25.5. The second-order valence-electron chi connectivity index (χ2n) is 12.8. The lowest BCUT2D eigenvalue weighted by Crippen LogP contribution is -2.31. The first-order valence-electron chi connectivity index (χ1n) is 18.7. The van der Waals surface area contributed by atoms with Gasteiger partial charge in [0.15, 0.2) is 6.10 Å². The van der Waals surface area contributed by atoms with Gasteiger partial charge in [-0.1, -0.05) is 17.3 Å². The maximum absolute atomic E-state index is 15.1. The number of phosphoric acid groups is 1. The molecule has 0 aliphatic carbocycles. The predicted molar refractivity (Wildman–Crippen MR) is 214 cm³/mol. The van der Waals surface area contributed by atoms with Gasteiger partial charge in [-0.05, 0) is 67.1 Å². The Bertz CT molecular complexity index is 2070. The number of rotatable bonds is 30. The van der Waals surface area contributed by atoms with Gasteiger partial charge in [-0.25, -0.2) is 9.55 Å². The van der Waals surface area contributed by atoms with Crippen LogP contribution in [0.5, 0.6) is 0 Å². The first kappa shape index (κ1) is 47.5. The first-order valence-corrected chi connectivity index (χ1v) is 21.0. The summed E-state index contributed by atoms with van der Waals surface area (Å²) in [6.45, 7) is 1.81. The number of thiophene rings is 1. The van der Waals surface area contributed by atoms with Gasteiger partial charge in [-0.2, -0.15) is 4.39 Å². The molecule has 60 heavy (non-hydrogen) atoms. The third kappa shape index (κ3) is 17.2. The van der Waals surface area contributed by atoms with Crippen molar-refractivity contribution in [3.8, 4) is 0 Å². The van der Waals surface area contributed by atoms with Crippen LogP contribution >= 0.6 is 19.2 Å². The van der Waals surface area contributed by atoms with Crippen LogP contribution in [-0.2, 0) is 69.6 Å². The normalized spacial score (nSPS) is 12.9. The van der Waals surface area contributed by atoms with Crippen molar-refractivity contribution in [2.24, 2.45) is 0 Å². The first-order chi connectivity index (χ1) is 29.0. The summed E-state index contributed by atoms with van der Waals surface area (Å²) in [5.74, 6) is -1.34. The van der Waals surface area contributed by atoms with Gasteiger partial charge in [0.1, 0.15) is 31.3 Å². The Hall–Kier alpha value is -5.15. The van der Waals surface area contributed by atoms with Gasteiger partial charge in [0.2, 0.25) is 5.95 Å². The molecule has 0 aliphatic heterocycles. The summed E-state index contributed by atoms with van der Waals surface area (Å²) >= 11 is 1.63. The number of phosphoric ester groups is 1. The van der Waals surface area contributed by atoms with Crippen LogP contribution < -0.4 is 4.90 Å². The molecule has 0 saturated carbocycles. The molecule has 2 atom stereocenters. The third-order valence-corrected chi connectivity index (χ3v) is 10.3. The number of benzene rings is 1. The Kier molecular flexibility index (Phi) is 20.2. The van der Waals surface area contributed by atoms with E-state index in [2.05, 4.69) is 53.6 Å². The van der Waals surface area contributed by atoms with Crippen LogP contribution in [0.1, 0.15) is 47.4 Å². The topological polar surface area (TPSA) is 237 Å².